The minimum Gasteiger partial charge on any atom is -0.482 e. The largest absolute Gasteiger partial charge is 0.482 e. The Balaban J connectivity index is 2.01. The van der Waals surface area contributed by atoms with Crippen molar-refractivity contribution in [1.82, 2.24) is 0 Å². The van der Waals surface area contributed by atoms with E-state index >= 15 is 0 Å². The van der Waals surface area contributed by atoms with Gasteiger partial charge < -0.3 is 10.1 Å². The Bertz CT molecular complexity index is 741. The zero-order chi connectivity index (χ0) is 15.0. The molecular weight excluding hydrogens is 313 g/mol. The van der Waals surface area contributed by atoms with Crippen LogP contribution >= 0.6 is 23.2 Å². The number of carbonyl (C=O) groups excluding carboxylic acids is 2. The minimum absolute atomic E-state index is 0.0802. The van der Waals surface area contributed by atoms with Crippen molar-refractivity contribution in [1.29, 1.82) is 0 Å². The number of halogens is 2. The molecule has 3 rings (SSSR count). The monoisotopic (exact) mass is 321 g/mol. The second-order valence-electron chi connectivity index (χ2n) is 4.50. The molecule has 0 spiro atoms. The van der Waals surface area contributed by atoms with Gasteiger partial charge in [0.05, 0.1) is 10.7 Å². The highest BCUT2D eigenvalue weighted by atomic mass is 35.5. The fourth-order valence-corrected chi connectivity index (χ4v) is 2.41. The lowest BCUT2D eigenvalue weighted by molar-refractivity contribution is -0.118. The van der Waals surface area contributed by atoms with E-state index in [-0.39, 0.29) is 23.3 Å². The molecule has 1 N–H and O–H groups in total. The van der Waals surface area contributed by atoms with Crippen LogP contribution in [0.5, 0.6) is 5.75 Å². The normalized spacial score (nSPS) is 13.1. The molecule has 6 heteroatoms. The number of amides is 1. The standard InChI is InChI=1S/C15H9Cl2NO3/c16-9-3-1-8(2-4-9)15(20)10-5-13-12(6-11(10)17)18-14(19)7-21-13/h1-6H,7H2,(H,18,19). The smallest absolute Gasteiger partial charge is 0.262 e. The van der Waals surface area contributed by atoms with Crippen molar-refractivity contribution < 1.29 is 14.3 Å². The number of nitrogens with one attached hydrogen (secondary N) is 1. The van der Waals surface area contributed by atoms with Gasteiger partial charge in [-0.25, -0.2) is 0 Å². The van der Waals surface area contributed by atoms with Gasteiger partial charge in [0, 0.05) is 16.1 Å². The van der Waals surface area contributed by atoms with E-state index < -0.39 is 0 Å². The third kappa shape index (κ3) is 2.73. The van der Waals surface area contributed by atoms with Crippen LogP contribution in [0.4, 0.5) is 5.69 Å². The van der Waals surface area contributed by atoms with Crippen molar-refractivity contribution >= 4 is 40.6 Å². The quantitative estimate of drug-likeness (QED) is 0.860. The molecule has 106 valence electrons. The van der Waals surface area contributed by atoms with Gasteiger partial charge in [0.1, 0.15) is 5.75 Å². The molecule has 0 aliphatic carbocycles. The lowest BCUT2D eigenvalue weighted by Gasteiger charge is -2.19. The third-order valence-corrected chi connectivity index (χ3v) is 3.62. The van der Waals surface area contributed by atoms with Gasteiger partial charge in [-0.3, -0.25) is 9.59 Å². The summed E-state index contributed by atoms with van der Waals surface area (Å²) in [7, 11) is 0. The van der Waals surface area contributed by atoms with Crippen LogP contribution in [0.25, 0.3) is 0 Å². The Labute approximate surface area is 130 Å². The number of carbonyl (C=O) groups is 2. The van der Waals surface area contributed by atoms with Crippen LogP contribution in [-0.4, -0.2) is 18.3 Å². The maximum absolute atomic E-state index is 12.5. The van der Waals surface area contributed by atoms with Gasteiger partial charge >= 0.3 is 0 Å². The Morgan fingerprint density at radius 1 is 1.14 bits per heavy atom. The lowest BCUT2D eigenvalue weighted by Crippen LogP contribution is -2.25. The Kier molecular flexibility index (Phi) is 3.57. The topological polar surface area (TPSA) is 55.4 Å². The average Bonchev–Trinajstić information content (AvgIpc) is 2.46. The number of hydrogen-bond acceptors (Lipinski definition) is 3. The molecule has 4 nitrogen and oxygen atoms in total. The van der Waals surface area contributed by atoms with Crippen molar-refractivity contribution in [3.8, 4) is 5.75 Å². The summed E-state index contributed by atoms with van der Waals surface area (Å²) in [6, 6.07) is 9.58. The third-order valence-electron chi connectivity index (χ3n) is 3.05. The summed E-state index contributed by atoms with van der Waals surface area (Å²) in [5.74, 6) is -0.0633. The summed E-state index contributed by atoms with van der Waals surface area (Å²) in [6.07, 6.45) is 0. The van der Waals surface area contributed by atoms with Crippen LogP contribution in [-0.2, 0) is 4.79 Å². The van der Waals surface area contributed by atoms with Gasteiger partial charge in [0.2, 0.25) is 0 Å². The van der Waals surface area contributed by atoms with E-state index in [9.17, 15) is 9.59 Å². The second kappa shape index (κ2) is 5.39. The van der Waals surface area contributed by atoms with Gasteiger partial charge in [-0.1, -0.05) is 23.2 Å². The molecule has 0 unspecified atom stereocenters. The molecule has 21 heavy (non-hydrogen) atoms. The molecule has 1 heterocycles. The van der Waals surface area contributed by atoms with E-state index in [1.165, 1.54) is 12.1 Å². The Morgan fingerprint density at radius 3 is 2.57 bits per heavy atom. The SMILES string of the molecule is O=C1COc2cc(C(=O)c3ccc(Cl)cc3)c(Cl)cc2N1. The number of benzene rings is 2. The average molecular weight is 322 g/mol. The highest BCUT2D eigenvalue weighted by Gasteiger charge is 2.21. The highest BCUT2D eigenvalue weighted by molar-refractivity contribution is 6.35. The fraction of sp³-hybridized carbons (Fsp3) is 0.0667. The summed E-state index contributed by atoms with van der Waals surface area (Å²) in [5, 5.41) is 3.44. The molecule has 1 amide bonds. The van der Waals surface area contributed by atoms with Gasteiger partial charge in [-0.2, -0.15) is 0 Å². The molecule has 2 aromatic rings. The van der Waals surface area contributed by atoms with E-state index in [4.69, 9.17) is 27.9 Å². The molecule has 1 aliphatic heterocycles. The first-order valence-electron chi connectivity index (χ1n) is 6.11. The predicted octanol–water partition coefficient (Wildman–Crippen LogP) is 3.56. The van der Waals surface area contributed by atoms with Crippen LogP contribution < -0.4 is 10.1 Å². The van der Waals surface area contributed by atoms with E-state index in [0.717, 1.165) is 0 Å². The van der Waals surface area contributed by atoms with E-state index in [1.54, 1.807) is 24.3 Å². The molecule has 1 aliphatic rings. The first-order chi connectivity index (χ1) is 10.0. The van der Waals surface area contributed by atoms with Gasteiger partial charge in [-0.05, 0) is 36.4 Å². The molecule has 0 fully saturated rings. The second-order valence-corrected chi connectivity index (χ2v) is 5.34. The predicted molar refractivity (Wildman–Crippen MR) is 80.5 cm³/mol. The number of ketones is 1. The van der Waals surface area contributed by atoms with Crippen molar-refractivity contribution in [2.24, 2.45) is 0 Å². The van der Waals surface area contributed by atoms with Crippen molar-refractivity contribution in [2.75, 3.05) is 11.9 Å². The van der Waals surface area contributed by atoms with Crippen LogP contribution in [0.15, 0.2) is 36.4 Å². The Morgan fingerprint density at radius 2 is 1.86 bits per heavy atom. The molecule has 0 saturated carbocycles. The van der Waals surface area contributed by atoms with Crippen molar-refractivity contribution in [3.63, 3.8) is 0 Å². The number of fused-ring (bicyclic) bond motifs is 1. The number of anilines is 1. The number of rotatable bonds is 2. The van der Waals surface area contributed by atoms with E-state index in [2.05, 4.69) is 5.32 Å². The first-order valence-corrected chi connectivity index (χ1v) is 6.86. The first kappa shape index (κ1) is 13.9. The summed E-state index contributed by atoms with van der Waals surface area (Å²) in [4.78, 5) is 23.7. The number of ether oxygens (including phenoxy) is 1. The summed E-state index contributed by atoms with van der Waals surface area (Å²) < 4.78 is 5.29. The minimum atomic E-state index is -0.254. The zero-order valence-corrected chi connectivity index (χ0v) is 12.2. The molecular formula is C15H9Cl2NO3. The maximum atomic E-state index is 12.5. The van der Waals surface area contributed by atoms with Crippen LogP contribution in [0.3, 0.4) is 0 Å². The molecule has 0 radical (unpaired) electrons. The van der Waals surface area contributed by atoms with Gasteiger partial charge in [-0.15, -0.1) is 0 Å². The highest BCUT2D eigenvalue weighted by Crippen LogP contribution is 2.34. The van der Waals surface area contributed by atoms with E-state index in [0.29, 0.717) is 27.6 Å². The van der Waals surface area contributed by atoms with E-state index in [1.807, 2.05) is 0 Å². The molecule has 0 saturated heterocycles. The van der Waals surface area contributed by atoms with Gasteiger partial charge in [0.15, 0.2) is 12.4 Å². The molecule has 2 aromatic carbocycles. The fourth-order valence-electron chi connectivity index (χ4n) is 2.03. The summed E-state index contributed by atoms with van der Waals surface area (Å²) in [6.45, 7) is -0.0802. The van der Waals surface area contributed by atoms with Gasteiger partial charge in [0.25, 0.3) is 5.91 Å². The van der Waals surface area contributed by atoms with Crippen molar-refractivity contribution in [2.45, 2.75) is 0 Å². The van der Waals surface area contributed by atoms with Crippen LogP contribution in [0, 0.1) is 0 Å². The van der Waals surface area contributed by atoms with Crippen molar-refractivity contribution in [3.05, 3.63) is 57.6 Å². The molecule has 0 aromatic heterocycles. The van der Waals surface area contributed by atoms with Crippen LogP contribution in [0.1, 0.15) is 15.9 Å². The molecule has 0 bridgehead atoms. The number of hydrogen-bond donors (Lipinski definition) is 1. The lowest BCUT2D eigenvalue weighted by atomic mass is 10.0. The van der Waals surface area contributed by atoms with Crippen LogP contribution in [0.2, 0.25) is 10.0 Å². The summed E-state index contributed by atoms with van der Waals surface area (Å²) >= 11 is 11.9. The zero-order valence-electron chi connectivity index (χ0n) is 10.7. The maximum Gasteiger partial charge on any atom is 0.262 e. The molecule has 0 atom stereocenters. The summed E-state index contributed by atoms with van der Waals surface area (Å²) in [5.41, 5.74) is 1.25. The Hall–Kier alpha value is -2.04.